The first-order valence-corrected chi connectivity index (χ1v) is 12.1. The number of aromatic nitrogens is 3. The number of nitrogens with zero attached hydrogens (tertiary/aromatic N) is 4. The molecular weight excluding hydrogens is 425 g/mol. The van der Waals surface area contributed by atoms with Gasteiger partial charge in [0.2, 0.25) is 5.95 Å². The number of likely N-dealkylation sites (tertiary alicyclic amines) is 1. The monoisotopic (exact) mass is 459 g/mol. The minimum atomic E-state index is -0.516. The molecule has 8 nitrogen and oxygen atoms in total. The van der Waals surface area contributed by atoms with E-state index in [0.29, 0.717) is 12.0 Å². The highest BCUT2D eigenvalue weighted by atomic mass is 19.1. The summed E-state index contributed by atoms with van der Waals surface area (Å²) in [5.41, 5.74) is 0. The van der Waals surface area contributed by atoms with Crippen molar-refractivity contribution in [3.05, 3.63) is 24.0 Å². The lowest BCUT2D eigenvalue weighted by Gasteiger charge is -2.23. The van der Waals surface area contributed by atoms with Gasteiger partial charge in [-0.15, -0.1) is 4.98 Å². The normalized spacial score (nSPS) is 19.8. The Hall–Kier alpha value is -2.68. The topological polar surface area (TPSA) is 81.6 Å². The van der Waals surface area contributed by atoms with Crippen LogP contribution in [0.25, 0.3) is 0 Å². The van der Waals surface area contributed by atoms with Gasteiger partial charge in [-0.2, -0.15) is 9.97 Å². The van der Waals surface area contributed by atoms with Crippen LogP contribution in [0.2, 0.25) is 0 Å². The molecule has 1 atom stereocenters. The quantitative estimate of drug-likeness (QED) is 0.535. The van der Waals surface area contributed by atoms with Crippen molar-refractivity contribution >= 4 is 5.95 Å². The lowest BCUT2D eigenvalue weighted by atomic mass is 10.2. The van der Waals surface area contributed by atoms with Crippen molar-refractivity contribution in [1.29, 1.82) is 0 Å². The Balaban J connectivity index is 1.52. The van der Waals surface area contributed by atoms with Crippen molar-refractivity contribution in [1.82, 2.24) is 19.9 Å². The first-order chi connectivity index (χ1) is 16.1. The molecule has 0 spiro atoms. The SMILES string of the molecule is CCN1CCCC1CNc1nc(Oc2ccc(OC)c(F)c2)nc(OC2CCCCCC2)n1. The van der Waals surface area contributed by atoms with E-state index < -0.39 is 5.82 Å². The van der Waals surface area contributed by atoms with Crippen molar-refractivity contribution in [2.24, 2.45) is 0 Å². The Morgan fingerprint density at radius 2 is 1.82 bits per heavy atom. The van der Waals surface area contributed by atoms with Crippen LogP contribution < -0.4 is 19.5 Å². The number of nitrogens with one attached hydrogen (secondary N) is 1. The standard InChI is InChI=1S/C24H34FN5O3/c1-3-30-14-8-9-17(30)16-26-22-27-23(32-18-10-6-4-5-7-11-18)29-24(28-22)33-19-12-13-21(31-2)20(25)15-19/h12-13,15,17-18H,3-11,14,16H2,1-2H3,(H,26,27,28,29). The van der Waals surface area contributed by atoms with Gasteiger partial charge in [-0.3, -0.25) is 4.90 Å². The average molecular weight is 460 g/mol. The molecule has 0 bridgehead atoms. The molecular formula is C24H34FN5O3. The van der Waals surface area contributed by atoms with Crippen LogP contribution >= 0.6 is 0 Å². The van der Waals surface area contributed by atoms with Crippen LogP contribution in [0.1, 0.15) is 58.3 Å². The summed E-state index contributed by atoms with van der Waals surface area (Å²) in [6.07, 6.45) is 9.15. The van der Waals surface area contributed by atoms with Gasteiger partial charge in [0.15, 0.2) is 11.6 Å². The van der Waals surface area contributed by atoms with Crippen LogP contribution in [0.5, 0.6) is 23.5 Å². The number of ether oxygens (including phenoxy) is 3. The maximum Gasteiger partial charge on any atom is 0.330 e. The lowest BCUT2D eigenvalue weighted by Crippen LogP contribution is -2.35. The van der Waals surface area contributed by atoms with E-state index >= 15 is 0 Å². The molecule has 180 valence electrons. The van der Waals surface area contributed by atoms with Gasteiger partial charge in [-0.05, 0) is 63.7 Å². The Morgan fingerprint density at radius 1 is 1.03 bits per heavy atom. The van der Waals surface area contributed by atoms with Crippen molar-refractivity contribution in [3.8, 4) is 23.5 Å². The molecule has 1 aliphatic heterocycles. The minimum absolute atomic E-state index is 0.0689. The van der Waals surface area contributed by atoms with E-state index in [2.05, 4.69) is 32.1 Å². The number of rotatable bonds is 9. The summed E-state index contributed by atoms with van der Waals surface area (Å²) in [4.78, 5) is 15.7. The smallest absolute Gasteiger partial charge is 0.330 e. The van der Waals surface area contributed by atoms with Crippen LogP contribution in [0.4, 0.5) is 10.3 Å². The number of hydrogen-bond acceptors (Lipinski definition) is 8. The molecule has 1 N–H and O–H groups in total. The zero-order valence-corrected chi connectivity index (χ0v) is 19.6. The number of likely N-dealkylation sites (N-methyl/N-ethyl adjacent to an activating group) is 1. The van der Waals surface area contributed by atoms with E-state index in [-0.39, 0.29) is 29.6 Å². The summed E-state index contributed by atoms with van der Waals surface area (Å²) in [5, 5.41) is 3.34. The summed E-state index contributed by atoms with van der Waals surface area (Å²) in [7, 11) is 1.42. The molecule has 1 aliphatic carbocycles. The van der Waals surface area contributed by atoms with Crippen LogP contribution in [0.15, 0.2) is 18.2 Å². The van der Waals surface area contributed by atoms with Gasteiger partial charge < -0.3 is 19.5 Å². The van der Waals surface area contributed by atoms with E-state index in [1.165, 1.54) is 38.5 Å². The van der Waals surface area contributed by atoms with E-state index in [4.69, 9.17) is 14.2 Å². The molecule has 9 heteroatoms. The molecule has 0 amide bonds. The molecule has 2 heterocycles. The third kappa shape index (κ3) is 6.43. The predicted octanol–water partition coefficient (Wildman–Crippen LogP) is 4.81. The highest BCUT2D eigenvalue weighted by molar-refractivity contribution is 5.35. The average Bonchev–Trinajstić information content (AvgIpc) is 3.12. The molecule has 0 radical (unpaired) electrons. The Morgan fingerprint density at radius 3 is 2.55 bits per heavy atom. The first-order valence-electron chi connectivity index (χ1n) is 12.1. The second-order valence-electron chi connectivity index (χ2n) is 8.66. The number of halogens is 1. The lowest BCUT2D eigenvalue weighted by molar-refractivity contribution is 0.166. The molecule has 1 aromatic carbocycles. The molecule has 2 aliphatic rings. The number of hydrogen-bond donors (Lipinski definition) is 1. The zero-order chi connectivity index (χ0) is 23.0. The van der Waals surface area contributed by atoms with Crippen LogP contribution in [0.3, 0.4) is 0 Å². The Kier molecular flexibility index (Phi) is 8.15. The number of anilines is 1. The first kappa shape index (κ1) is 23.5. The molecule has 1 unspecified atom stereocenters. The third-order valence-electron chi connectivity index (χ3n) is 6.40. The number of benzene rings is 1. The number of methoxy groups -OCH3 is 1. The largest absolute Gasteiger partial charge is 0.494 e. The van der Waals surface area contributed by atoms with Gasteiger partial charge in [0, 0.05) is 18.7 Å². The van der Waals surface area contributed by atoms with Crippen LogP contribution in [-0.2, 0) is 0 Å². The molecule has 1 saturated carbocycles. The highest BCUT2D eigenvalue weighted by Gasteiger charge is 2.23. The van der Waals surface area contributed by atoms with Crippen molar-refractivity contribution in [2.75, 3.05) is 32.1 Å². The molecule has 1 aromatic heterocycles. The zero-order valence-electron chi connectivity index (χ0n) is 19.6. The molecule has 2 aromatic rings. The summed E-state index contributed by atoms with van der Waals surface area (Å²) in [5.74, 6) is 0.312. The maximum absolute atomic E-state index is 14.1. The van der Waals surface area contributed by atoms with Crippen molar-refractivity contribution in [2.45, 2.75) is 70.4 Å². The van der Waals surface area contributed by atoms with Gasteiger partial charge in [-0.25, -0.2) is 4.39 Å². The Labute approximate surface area is 194 Å². The van der Waals surface area contributed by atoms with Gasteiger partial charge in [0.1, 0.15) is 11.9 Å². The molecule has 1 saturated heterocycles. The predicted molar refractivity (Wildman–Crippen MR) is 124 cm³/mol. The fourth-order valence-electron chi connectivity index (χ4n) is 4.59. The summed E-state index contributed by atoms with van der Waals surface area (Å²) in [6, 6.07) is 5.12. The Bertz CT molecular complexity index is 908. The summed E-state index contributed by atoms with van der Waals surface area (Å²) >= 11 is 0. The van der Waals surface area contributed by atoms with Crippen LogP contribution in [0, 0.1) is 5.82 Å². The second-order valence-corrected chi connectivity index (χ2v) is 8.66. The van der Waals surface area contributed by atoms with Gasteiger partial charge in [0.25, 0.3) is 0 Å². The molecule has 4 rings (SSSR count). The summed E-state index contributed by atoms with van der Waals surface area (Å²) < 4.78 is 31.0. The third-order valence-corrected chi connectivity index (χ3v) is 6.40. The second kappa shape index (κ2) is 11.4. The van der Waals surface area contributed by atoms with E-state index in [1.54, 1.807) is 6.07 Å². The van der Waals surface area contributed by atoms with Gasteiger partial charge in [0.05, 0.1) is 7.11 Å². The molecule has 2 fully saturated rings. The summed E-state index contributed by atoms with van der Waals surface area (Å²) in [6.45, 7) is 5.06. The van der Waals surface area contributed by atoms with E-state index in [0.717, 1.165) is 51.7 Å². The van der Waals surface area contributed by atoms with Crippen molar-refractivity contribution in [3.63, 3.8) is 0 Å². The molecule has 33 heavy (non-hydrogen) atoms. The minimum Gasteiger partial charge on any atom is -0.494 e. The van der Waals surface area contributed by atoms with Gasteiger partial charge in [-0.1, -0.05) is 19.8 Å². The van der Waals surface area contributed by atoms with Gasteiger partial charge >= 0.3 is 12.0 Å². The fourth-order valence-corrected chi connectivity index (χ4v) is 4.59. The van der Waals surface area contributed by atoms with Crippen LogP contribution in [-0.4, -0.2) is 58.7 Å². The fraction of sp³-hybridized carbons (Fsp3) is 0.625. The van der Waals surface area contributed by atoms with E-state index in [1.807, 2.05) is 0 Å². The highest BCUT2D eigenvalue weighted by Crippen LogP contribution is 2.27. The van der Waals surface area contributed by atoms with Crippen molar-refractivity contribution < 1.29 is 18.6 Å². The van der Waals surface area contributed by atoms with E-state index in [9.17, 15) is 4.39 Å². The maximum atomic E-state index is 14.1.